The van der Waals surface area contributed by atoms with E-state index in [1.807, 2.05) is 43.1 Å². The summed E-state index contributed by atoms with van der Waals surface area (Å²) in [6.07, 6.45) is 1.53. The van der Waals surface area contributed by atoms with Gasteiger partial charge in [-0.2, -0.15) is 5.10 Å². The molecule has 8 heteroatoms. The first-order valence-corrected chi connectivity index (χ1v) is 9.80. The molecule has 7 nitrogen and oxygen atoms in total. The highest BCUT2D eigenvalue weighted by Gasteiger charge is 2.23. The normalized spacial score (nSPS) is 15.9. The van der Waals surface area contributed by atoms with Crippen molar-refractivity contribution >= 4 is 28.5 Å². The molecule has 1 amide bonds. The third-order valence-corrected chi connectivity index (χ3v) is 5.60. The predicted octanol–water partition coefficient (Wildman–Crippen LogP) is 1.17. The molecule has 0 unspecified atom stereocenters. The second-order valence-electron chi connectivity index (χ2n) is 7.40. The summed E-state index contributed by atoms with van der Waals surface area (Å²) in [6.45, 7) is 7.54. The number of hydrogen-bond acceptors (Lipinski definition) is 4. The number of likely N-dealkylation sites (N-methyl/N-ethyl adjacent to an activating group) is 1. The van der Waals surface area contributed by atoms with Crippen LogP contribution in [0.25, 0.3) is 16.7 Å². The van der Waals surface area contributed by atoms with E-state index in [0.717, 1.165) is 37.6 Å². The maximum Gasteiger partial charge on any atom is 0.268 e. The summed E-state index contributed by atoms with van der Waals surface area (Å²) in [4.78, 5) is 18.8. The zero-order valence-electron chi connectivity index (χ0n) is 16.3. The van der Waals surface area contributed by atoms with E-state index in [-0.39, 0.29) is 5.91 Å². The number of aryl methyl sites for hydroxylation is 2. The van der Waals surface area contributed by atoms with E-state index >= 15 is 0 Å². The Morgan fingerprint density at radius 1 is 1.18 bits per heavy atom. The fourth-order valence-corrected chi connectivity index (χ4v) is 3.79. The molecular weight excluding hydrogens is 376 g/mol. The lowest BCUT2D eigenvalue weighted by Gasteiger charge is -2.30. The number of amides is 1. The van der Waals surface area contributed by atoms with E-state index < -0.39 is 0 Å². The molecule has 0 radical (unpaired) electrons. The first-order chi connectivity index (χ1) is 13.4. The molecule has 0 spiro atoms. The molecule has 1 aromatic carbocycles. The van der Waals surface area contributed by atoms with Gasteiger partial charge in [0.15, 0.2) is 5.65 Å². The van der Waals surface area contributed by atoms with Gasteiger partial charge in [-0.1, -0.05) is 29.3 Å². The lowest BCUT2D eigenvalue weighted by molar-refractivity contribution is -0.884. The van der Waals surface area contributed by atoms with Gasteiger partial charge in [0.25, 0.3) is 5.91 Å². The second kappa shape index (κ2) is 7.50. The Morgan fingerprint density at radius 2 is 1.86 bits per heavy atom. The van der Waals surface area contributed by atoms with Crippen LogP contribution in [0.2, 0.25) is 5.02 Å². The molecule has 1 aliphatic rings. The van der Waals surface area contributed by atoms with Gasteiger partial charge in [-0.15, -0.1) is 0 Å². The summed E-state index contributed by atoms with van der Waals surface area (Å²) < 4.78 is 1.76. The molecule has 28 heavy (non-hydrogen) atoms. The van der Waals surface area contributed by atoms with E-state index in [4.69, 9.17) is 11.6 Å². The number of carbonyl (C=O) groups is 1. The molecule has 1 aliphatic heterocycles. The fraction of sp³-hybridized carbons (Fsp3) is 0.350. The lowest BCUT2D eigenvalue weighted by atomic mass is 10.2. The SMILES string of the molecule is Cc1ccc(-n2nc(C)c3c(Cl)c(C(=O)NN4CC[NH+](C)CC4)cnc32)cc1. The standard InChI is InChI=1S/C20H23ClN6O/c1-13-4-6-15(7-5-13)27-19-17(14(2)23-27)18(21)16(12-22-19)20(28)24-26-10-8-25(3)9-11-26/h4-7,12H,8-11H2,1-3H3,(H,24,28)/p+1. The maximum absolute atomic E-state index is 12.8. The molecule has 0 atom stereocenters. The van der Waals surface area contributed by atoms with Gasteiger partial charge in [-0.05, 0) is 26.0 Å². The Labute approximate surface area is 168 Å². The Balaban J connectivity index is 1.66. The molecule has 1 saturated heterocycles. The Morgan fingerprint density at radius 3 is 2.54 bits per heavy atom. The van der Waals surface area contributed by atoms with E-state index in [1.54, 1.807) is 4.68 Å². The average Bonchev–Trinajstić information content (AvgIpc) is 3.02. The van der Waals surface area contributed by atoms with Gasteiger partial charge in [0.05, 0.1) is 60.6 Å². The molecule has 1 fully saturated rings. The minimum Gasteiger partial charge on any atom is -0.335 e. The molecular formula is C20H24ClN6O+. The van der Waals surface area contributed by atoms with Gasteiger partial charge in [0, 0.05) is 6.20 Å². The monoisotopic (exact) mass is 399 g/mol. The molecule has 0 saturated carbocycles. The summed E-state index contributed by atoms with van der Waals surface area (Å²) in [7, 11) is 2.16. The van der Waals surface area contributed by atoms with Crippen LogP contribution in [0, 0.1) is 13.8 Å². The Kier molecular flexibility index (Phi) is 5.05. The highest BCUT2D eigenvalue weighted by molar-refractivity contribution is 6.38. The van der Waals surface area contributed by atoms with Gasteiger partial charge >= 0.3 is 0 Å². The van der Waals surface area contributed by atoms with E-state index in [0.29, 0.717) is 21.6 Å². The number of piperazine rings is 1. The van der Waals surface area contributed by atoms with Crippen LogP contribution in [0.15, 0.2) is 30.5 Å². The quantitative estimate of drug-likeness (QED) is 0.693. The Bertz CT molecular complexity index is 1020. The van der Waals surface area contributed by atoms with Crippen LogP contribution in [-0.2, 0) is 0 Å². The van der Waals surface area contributed by atoms with Crippen molar-refractivity contribution < 1.29 is 9.69 Å². The van der Waals surface area contributed by atoms with Crippen LogP contribution in [0.5, 0.6) is 0 Å². The van der Waals surface area contributed by atoms with Crippen LogP contribution in [0.4, 0.5) is 0 Å². The van der Waals surface area contributed by atoms with Gasteiger partial charge in [0.2, 0.25) is 0 Å². The Hall–Kier alpha value is -2.48. The number of nitrogens with one attached hydrogen (secondary N) is 2. The number of hydrogen-bond donors (Lipinski definition) is 2. The van der Waals surface area contributed by atoms with Crippen LogP contribution in [0.3, 0.4) is 0 Å². The molecule has 4 rings (SSSR count). The molecule has 3 aromatic rings. The fourth-order valence-electron chi connectivity index (χ4n) is 3.44. The number of carbonyl (C=O) groups excluding carboxylic acids is 1. The predicted molar refractivity (Wildman–Crippen MR) is 109 cm³/mol. The van der Waals surface area contributed by atoms with Gasteiger partial charge < -0.3 is 4.90 Å². The molecule has 146 valence electrons. The van der Waals surface area contributed by atoms with Gasteiger partial charge in [-0.3, -0.25) is 10.2 Å². The molecule has 0 aliphatic carbocycles. The van der Waals surface area contributed by atoms with Crippen molar-refractivity contribution in [3.05, 3.63) is 52.3 Å². The van der Waals surface area contributed by atoms with Crippen molar-refractivity contribution in [1.82, 2.24) is 25.2 Å². The number of nitrogens with zero attached hydrogens (tertiary/aromatic N) is 4. The van der Waals surface area contributed by atoms with Crippen LogP contribution < -0.4 is 10.3 Å². The zero-order valence-corrected chi connectivity index (χ0v) is 17.0. The number of hydrazine groups is 1. The highest BCUT2D eigenvalue weighted by atomic mass is 35.5. The summed E-state index contributed by atoms with van der Waals surface area (Å²) in [6, 6.07) is 8.04. The summed E-state index contributed by atoms with van der Waals surface area (Å²) >= 11 is 6.63. The lowest BCUT2D eigenvalue weighted by Crippen LogP contribution is -3.12. The van der Waals surface area contributed by atoms with Crippen molar-refractivity contribution in [3.63, 3.8) is 0 Å². The van der Waals surface area contributed by atoms with Crippen molar-refractivity contribution in [2.24, 2.45) is 0 Å². The number of quaternary nitrogens is 1. The van der Waals surface area contributed by atoms with Gasteiger partial charge in [-0.25, -0.2) is 14.7 Å². The summed E-state index contributed by atoms with van der Waals surface area (Å²) in [5, 5.41) is 7.64. The molecule has 0 bridgehead atoms. The van der Waals surface area contributed by atoms with Crippen molar-refractivity contribution in [2.45, 2.75) is 13.8 Å². The number of benzene rings is 1. The number of pyridine rings is 1. The highest BCUT2D eigenvalue weighted by Crippen LogP contribution is 2.30. The molecule has 2 aromatic heterocycles. The number of fused-ring (bicyclic) bond motifs is 1. The zero-order chi connectivity index (χ0) is 19.8. The number of halogens is 1. The van der Waals surface area contributed by atoms with E-state index in [1.165, 1.54) is 16.7 Å². The largest absolute Gasteiger partial charge is 0.335 e. The summed E-state index contributed by atoms with van der Waals surface area (Å²) in [5.41, 5.74) is 6.79. The first kappa shape index (κ1) is 18.9. The van der Waals surface area contributed by atoms with Crippen molar-refractivity contribution in [1.29, 1.82) is 0 Å². The first-order valence-electron chi connectivity index (χ1n) is 9.42. The van der Waals surface area contributed by atoms with Crippen LogP contribution in [-0.4, -0.2) is 58.9 Å². The molecule has 2 N–H and O–H groups in total. The maximum atomic E-state index is 12.8. The minimum atomic E-state index is -0.235. The van der Waals surface area contributed by atoms with Crippen LogP contribution >= 0.6 is 11.6 Å². The van der Waals surface area contributed by atoms with E-state index in [2.05, 4.69) is 22.6 Å². The smallest absolute Gasteiger partial charge is 0.268 e. The topological polar surface area (TPSA) is 67.5 Å². The molecule has 3 heterocycles. The minimum absolute atomic E-state index is 0.235. The van der Waals surface area contributed by atoms with Gasteiger partial charge in [0.1, 0.15) is 0 Å². The summed E-state index contributed by atoms with van der Waals surface area (Å²) in [5.74, 6) is -0.235. The third-order valence-electron chi connectivity index (χ3n) is 5.21. The number of rotatable bonds is 3. The third kappa shape index (κ3) is 3.48. The number of aromatic nitrogens is 3. The second-order valence-corrected chi connectivity index (χ2v) is 7.78. The average molecular weight is 400 g/mol. The van der Waals surface area contributed by atoms with E-state index in [9.17, 15) is 4.79 Å². The van der Waals surface area contributed by atoms with Crippen molar-refractivity contribution in [2.75, 3.05) is 33.2 Å². The van der Waals surface area contributed by atoms with Crippen LogP contribution in [0.1, 0.15) is 21.6 Å². The van der Waals surface area contributed by atoms with Crippen molar-refractivity contribution in [3.8, 4) is 5.69 Å².